The molecule has 0 fully saturated rings. The number of furan rings is 1. The number of rotatable bonds is 6. The SMILES string of the molecule is CC([N-]c1c(Nc2cccc(C(=O)N(C)C)c2O)c(=O)c1=O)c1ccco1.[Li+]. The Morgan fingerprint density at radius 3 is 2.50 bits per heavy atom. The van der Waals surface area contributed by atoms with Crippen LogP contribution < -0.4 is 35.0 Å². The third kappa shape index (κ3) is 3.84. The van der Waals surface area contributed by atoms with Crippen molar-refractivity contribution in [2.75, 3.05) is 19.4 Å². The van der Waals surface area contributed by atoms with Crippen LogP contribution in [0.2, 0.25) is 0 Å². The van der Waals surface area contributed by atoms with Crippen LogP contribution >= 0.6 is 0 Å². The van der Waals surface area contributed by atoms with Gasteiger partial charge in [0.2, 0.25) is 10.9 Å². The molecule has 1 atom stereocenters. The fourth-order valence-electron chi connectivity index (χ4n) is 2.60. The van der Waals surface area contributed by atoms with Crippen LogP contribution in [0.5, 0.6) is 5.75 Å². The molecule has 0 spiro atoms. The van der Waals surface area contributed by atoms with Crippen LogP contribution in [0, 0.1) is 0 Å². The first-order valence-electron chi connectivity index (χ1n) is 8.19. The van der Waals surface area contributed by atoms with Crippen molar-refractivity contribution in [3.05, 3.63) is 73.7 Å². The molecule has 0 saturated heterocycles. The molecule has 0 radical (unpaired) electrons. The summed E-state index contributed by atoms with van der Waals surface area (Å²) in [5.41, 5.74) is -1.28. The average Bonchev–Trinajstić information content (AvgIpc) is 3.19. The first kappa shape index (κ1) is 21.3. The third-order valence-corrected chi connectivity index (χ3v) is 4.10. The van der Waals surface area contributed by atoms with Gasteiger partial charge < -0.3 is 25.1 Å². The zero-order valence-corrected chi connectivity index (χ0v) is 16.0. The van der Waals surface area contributed by atoms with E-state index in [1.807, 2.05) is 0 Å². The van der Waals surface area contributed by atoms with Crippen LogP contribution in [0.25, 0.3) is 5.32 Å². The molecule has 1 amide bonds. The molecular weight excluding hydrogens is 357 g/mol. The van der Waals surface area contributed by atoms with Crippen molar-refractivity contribution in [1.29, 1.82) is 0 Å². The first-order valence-corrected chi connectivity index (χ1v) is 8.19. The summed E-state index contributed by atoms with van der Waals surface area (Å²) < 4.78 is 5.25. The van der Waals surface area contributed by atoms with Gasteiger partial charge in [-0.3, -0.25) is 14.4 Å². The van der Waals surface area contributed by atoms with Gasteiger partial charge in [0.1, 0.15) is 0 Å². The van der Waals surface area contributed by atoms with Gasteiger partial charge in [-0.2, -0.15) is 0 Å². The van der Waals surface area contributed by atoms with E-state index in [1.165, 1.54) is 23.3 Å². The van der Waals surface area contributed by atoms with Gasteiger partial charge in [0.15, 0.2) is 5.75 Å². The zero-order chi connectivity index (χ0) is 19.7. The number of phenolic OH excluding ortho intramolecular Hbond substituents is 1. The molecule has 0 saturated carbocycles. The van der Waals surface area contributed by atoms with Crippen LogP contribution in [-0.4, -0.2) is 30.0 Å². The minimum Gasteiger partial charge on any atom is -0.671 e. The van der Waals surface area contributed by atoms with Gasteiger partial charge in [-0.1, -0.05) is 24.7 Å². The van der Waals surface area contributed by atoms with Gasteiger partial charge in [0.05, 0.1) is 29.0 Å². The molecule has 2 N–H and O–H groups in total. The number of anilines is 2. The number of benzene rings is 1. The van der Waals surface area contributed by atoms with Crippen molar-refractivity contribution in [2.24, 2.45) is 0 Å². The van der Waals surface area contributed by atoms with Crippen molar-refractivity contribution in [3.63, 3.8) is 0 Å². The minimum atomic E-state index is -0.732. The van der Waals surface area contributed by atoms with Gasteiger partial charge in [0, 0.05) is 14.1 Å². The maximum atomic E-state index is 12.1. The summed E-state index contributed by atoms with van der Waals surface area (Å²) >= 11 is 0. The molecule has 3 rings (SSSR count). The number of hydrogen-bond donors (Lipinski definition) is 2. The molecule has 140 valence electrons. The van der Waals surface area contributed by atoms with Gasteiger partial charge in [-0.05, 0) is 24.3 Å². The van der Waals surface area contributed by atoms with Gasteiger partial charge >= 0.3 is 18.9 Å². The Morgan fingerprint density at radius 2 is 1.89 bits per heavy atom. The summed E-state index contributed by atoms with van der Waals surface area (Å²) in [6, 6.07) is 7.49. The molecule has 1 aromatic heterocycles. The van der Waals surface area contributed by atoms with Crippen LogP contribution in [0.1, 0.15) is 29.1 Å². The maximum Gasteiger partial charge on any atom is 1.00 e. The number of amides is 1. The Morgan fingerprint density at radius 1 is 1.18 bits per heavy atom. The molecule has 2 aromatic carbocycles. The minimum absolute atomic E-state index is 0. The maximum absolute atomic E-state index is 12.1. The van der Waals surface area contributed by atoms with E-state index in [2.05, 4.69) is 10.6 Å². The third-order valence-electron chi connectivity index (χ3n) is 4.10. The Bertz CT molecular complexity index is 1050. The van der Waals surface area contributed by atoms with Crippen LogP contribution in [-0.2, 0) is 0 Å². The topological polar surface area (TPSA) is 114 Å². The molecule has 1 heterocycles. The predicted octanol–water partition coefficient (Wildman–Crippen LogP) is -0.203. The number of hydrogen-bond acceptors (Lipinski definition) is 6. The van der Waals surface area contributed by atoms with E-state index in [-0.39, 0.29) is 47.2 Å². The Balaban J connectivity index is 0.00000280. The molecule has 0 aliphatic rings. The monoisotopic (exact) mass is 375 g/mol. The second-order valence-corrected chi connectivity index (χ2v) is 6.23. The second kappa shape index (κ2) is 8.38. The summed E-state index contributed by atoms with van der Waals surface area (Å²) in [5.74, 6) is -0.151. The van der Waals surface area contributed by atoms with E-state index >= 15 is 0 Å². The summed E-state index contributed by atoms with van der Waals surface area (Å²) in [7, 11) is 3.12. The van der Waals surface area contributed by atoms with E-state index in [0.29, 0.717) is 5.76 Å². The van der Waals surface area contributed by atoms with Crippen molar-refractivity contribution in [2.45, 2.75) is 13.0 Å². The van der Waals surface area contributed by atoms with Crippen LogP contribution in [0.4, 0.5) is 17.1 Å². The zero-order valence-electron chi connectivity index (χ0n) is 16.0. The largest absolute Gasteiger partial charge is 1.00 e. The molecule has 3 aromatic rings. The van der Waals surface area contributed by atoms with E-state index in [0.717, 1.165) is 0 Å². The molecule has 1 unspecified atom stereocenters. The van der Waals surface area contributed by atoms with Crippen molar-refractivity contribution >= 4 is 23.0 Å². The summed E-state index contributed by atoms with van der Waals surface area (Å²) in [6.45, 7) is 1.73. The molecule has 0 aliphatic carbocycles. The van der Waals surface area contributed by atoms with E-state index < -0.39 is 22.8 Å². The van der Waals surface area contributed by atoms with Gasteiger partial charge in [0.25, 0.3) is 5.91 Å². The Labute approximate surface area is 173 Å². The number of phenols is 1. The first-order chi connectivity index (χ1) is 12.8. The molecular formula is C19H18LiN3O5. The number of carbonyl (C=O) groups is 1. The number of para-hydroxylation sites is 1. The fourth-order valence-corrected chi connectivity index (χ4v) is 2.60. The second-order valence-electron chi connectivity index (χ2n) is 6.23. The van der Waals surface area contributed by atoms with Crippen molar-refractivity contribution < 1.29 is 33.2 Å². The molecule has 28 heavy (non-hydrogen) atoms. The number of aromatic hydroxyl groups is 1. The summed E-state index contributed by atoms with van der Waals surface area (Å²) in [6.07, 6.45) is 1.49. The van der Waals surface area contributed by atoms with E-state index in [1.54, 1.807) is 39.2 Å². The van der Waals surface area contributed by atoms with Crippen molar-refractivity contribution in [3.8, 4) is 5.75 Å². The predicted molar refractivity (Wildman–Crippen MR) is 101 cm³/mol. The summed E-state index contributed by atoms with van der Waals surface area (Å²) in [5, 5.41) is 17.3. The number of nitrogens with one attached hydrogen (secondary N) is 1. The Hall–Kier alpha value is -2.95. The van der Waals surface area contributed by atoms with E-state index in [9.17, 15) is 19.5 Å². The molecule has 8 nitrogen and oxygen atoms in total. The standard InChI is InChI=1S/C19H19N3O5.Li/c1-10(13-8-5-9-27-13)20-14-15(18(25)17(14)24)21-12-7-4-6-11(16(12)23)19(26)22(2)3;/h4-10H,1-3H3,(H3,20,21,23,24,25,26);/q;+1/p-1. The van der Waals surface area contributed by atoms with Crippen LogP contribution in [0.15, 0.2) is 50.6 Å². The smallest absolute Gasteiger partial charge is 0.671 e. The van der Waals surface area contributed by atoms with Gasteiger partial charge in [-0.25, -0.2) is 0 Å². The fraction of sp³-hybridized carbons (Fsp3) is 0.211. The number of carbonyl (C=O) groups excluding carboxylic acids is 1. The van der Waals surface area contributed by atoms with E-state index in [4.69, 9.17) is 4.42 Å². The van der Waals surface area contributed by atoms with Gasteiger partial charge in [-0.15, -0.1) is 0 Å². The molecule has 9 heteroatoms. The van der Waals surface area contributed by atoms with Crippen LogP contribution in [0.3, 0.4) is 0 Å². The number of nitrogens with zero attached hydrogens (tertiary/aromatic N) is 2. The average molecular weight is 375 g/mol. The van der Waals surface area contributed by atoms with Crippen molar-refractivity contribution in [1.82, 2.24) is 4.90 Å². The summed E-state index contributed by atoms with van der Waals surface area (Å²) in [4.78, 5) is 37.3. The quantitative estimate of drug-likeness (QED) is 0.350. The molecule has 0 bridgehead atoms. The Kier molecular flexibility index (Phi) is 6.39. The molecule has 0 aliphatic heterocycles. The normalized spacial score (nSPS) is 11.5.